The Hall–Kier alpha value is -4.15. The number of fused-ring (bicyclic) bond motifs is 2. The average Bonchev–Trinajstić information content (AvgIpc) is 3.46. The van der Waals surface area contributed by atoms with Crippen molar-refractivity contribution in [3.8, 4) is 5.69 Å². The van der Waals surface area contributed by atoms with Gasteiger partial charge in [-0.25, -0.2) is 14.5 Å². The normalized spacial score (nSPS) is 17.8. The highest BCUT2D eigenvalue weighted by Gasteiger charge is 2.33. The number of anilines is 1. The van der Waals surface area contributed by atoms with Crippen molar-refractivity contribution in [1.82, 2.24) is 29.3 Å². The van der Waals surface area contributed by atoms with Crippen molar-refractivity contribution in [2.75, 3.05) is 12.4 Å². The molecule has 0 fully saturated rings. The molecule has 42 heavy (non-hydrogen) atoms. The van der Waals surface area contributed by atoms with Crippen LogP contribution >= 0.6 is 23.2 Å². The summed E-state index contributed by atoms with van der Waals surface area (Å²) < 4.78 is 3.69. The molecule has 1 unspecified atom stereocenters. The number of halogens is 2. The van der Waals surface area contributed by atoms with Gasteiger partial charge in [0.15, 0.2) is 0 Å². The maximum absolute atomic E-state index is 14.1. The molecule has 0 aliphatic carbocycles. The largest absolute Gasteiger partial charge is 0.355 e. The third-order valence-electron chi connectivity index (χ3n) is 7.94. The standard InChI is InChI=1S/C30H29Cl2N7O3/c1-17-13-22-25(16-38(17)28(41)19-5-8-23(31)24(32)14-19)36-30(35-20-9-11-37-12-10-34-26(37)15-20)39(29(22)42)21-6-3-18(4-7-21)27(40)33-2/h3-8,10,12,14,17,20H,9,11,13,15-16H2,1-2H3,(H,33,40)(H,35,36)/t17-,20?/m1/s1. The number of imidazole rings is 1. The van der Waals surface area contributed by atoms with Gasteiger partial charge < -0.3 is 20.1 Å². The number of hydrogen-bond donors (Lipinski definition) is 2. The van der Waals surface area contributed by atoms with Gasteiger partial charge in [0.25, 0.3) is 17.4 Å². The third kappa shape index (κ3) is 5.16. The molecule has 4 aromatic rings. The Balaban J connectivity index is 1.39. The molecule has 12 heteroatoms. The fourth-order valence-electron chi connectivity index (χ4n) is 5.62. The molecule has 0 saturated carbocycles. The molecule has 0 radical (unpaired) electrons. The first-order valence-corrected chi connectivity index (χ1v) is 14.5. The lowest BCUT2D eigenvalue weighted by Crippen LogP contribution is -2.46. The van der Waals surface area contributed by atoms with E-state index in [2.05, 4.69) is 20.2 Å². The Labute approximate surface area is 252 Å². The van der Waals surface area contributed by atoms with Gasteiger partial charge in [-0.05, 0) is 62.2 Å². The van der Waals surface area contributed by atoms with Crippen LogP contribution in [0.2, 0.25) is 10.0 Å². The zero-order chi connectivity index (χ0) is 29.5. The summed E-state index contributed by atoms with van der Waals surface area (Å²) in [4.78, 5) is 50.9. The molecule has 0 bridgehead atoms. The molecule has 2 aromatic carbocycles. The molecule has 4 heterocycles. The minimum absolute atomic E-state index is 0.00213. The highest BCUT2D eigenvalue weighted by atomic mass is 35.5. The lowest BCUT2D eigenvalue weighted by atomic mass is 9.98. The number of carbonyl (C=O) groups is 2. The second-order valence-corrected chi connectivity index (χ2v) is 11.4. The number of hydrogen-bond acceptors (Lipinski definition) is 6. The van der Waals surface area contributed by atoms with E-state index in [1.807, 2.05) is 13.1 Å². The molecular formula is C30H29Cl2N7O3. The SMILES string of the molecule is CNC(=O)c1ccc(-n2c(NC3CCn4ccnc4C3)nc3c(c2=O)C[C@@H](C)N(C(=O)c2ccc(Cl)c(Cl)c2)C3)cc1. The summed E-state index contributed by atoms with van der Waals surface area (Å²) in [5.41, 5.74) is 2.38. The van der Waals surface area contributed by atoms with E-state index in [1.165, 1.54) is 0 Å². The molecule has 216 valence electrons. The molecule has 2 N–H and O–H groups in total. The molecule has 2 aliphatic rings. The van der Waals surface area contributed by atoms with Crippen LogP contribution in [-0.4, -0.2) is 54.9 Å². The Morgan fingerprint density at radius 3 is 2.52 bits per heavy atom. The van der Waals surface area contributed by atoms with Gasteiger partial charge in [0.2, 0.25) is 5.95 Å². The number of amides is 2. The van der Waals surface area contributed by atoms with Crippen LogP contribution in [0.4, 0.5) is 5.95 Å². The summed E-state index contributed by atoms with van der Waals surface area (Å²) in [6.45, 7) is 2.88. The lowest BCUT2D eigenvalue weighted by molar-refractivity contribution is 0.0653. The fraction of sp³-hybridized carbons (Fsp3) is 0.300. The number of nitrogens with one attached hydrogen (secondary N) is 2. The second-order valence-electron chi connectivity index (χ2n) is 10.6. The predicted octanol–water partition coefficient (Wildman–Crippen LogP) is 4.11. The summed E-state index contributed by atoms with van der Waals surface area (Å²) in [6, 6.07) is 11.4. The first-order valence-electron chi connectivity index (χ1n) is 13.7. The molecule has 2 amide bonds. The van der Waals surface area contributed by atoms with E-state index in [4.69, 9.17) is 28.2 Å². The number of aryl methyl sites for hydroxylation is 1. The topological polar surface area (TPSA) is 114 Å². The third-order valence-corrected chi connectivity index (χ3v) is 8.68. The monoisotopic (exact) mass is 605 g/mol. The van der Waals surface area contributed by atoms with E-state index in [9.17, 15) is 14.4 Å². The van der Waals surface area contributed by atoms with Crippen LogP contribution in [0.5, 0.6) is 0 Å². The predicted molar refractivity (Wildman–Crippen MR) is 161 cm³/mol. The van der Waals surface area contributed by atoms with Gasteiger partial charge in [0.05, 0.1) is 28.0 Å². The van der Waals surface area contributed by atoms with E-state index in [1.54, 1.807) is 65.2 Å². The summed E-state index contributed by atoms with van der Waals surface area (Å²) in [5.74, 6) is 0.922. The van der Waals surface area contributed by atoms with Crippen LogP contribution in [0.15, 0.2) is 59.7 Å². The number of carbonyl (C=O) groups excluding carboxylic acids is 2. The number of aromatic nitrogens is 4. The summed E-state index contributed by atoms with van der Waals surface area (Å²) in [6.07, 6.45) is 5.60. The first-order chi connectivity index (χ1) is 20.2. The minimum Gasteiger partial charge on any atom is -0.355 e. The Morgan fingerprint density at radius 1 is 1.02 bits per heavy atom. The average molecular weight is 607 g/mol. The van der Waals surface area contributed by atoms with Crippen molar-refractivity contribution in [2.24, 2.45) is 0 Å². The van der Waals surface area contributed by atoms with Crippen LogP contribution < -0.4 is 16.2 Å². The highest BCUT2D eigenvalue weighted by molar-refractivity contribution is 6.42. The smallest absolute Gasteiger partial charge is 0.263 e. The van der Waals surface area contributed by atoms with Gasteiger partial charge in [0.1, 0.15) is 5.82 Å². The van der Waals surface area contributed by atoms with Crippen molar-refractivity contribution in [3.63, 3.8) is 0 Å². The van der Waals surface area contributed by atoms with Gasteiger partial charge in [-0.3, -0.25) is 14.4 Å². The summed E-state index contributed by atoms with van der Waals surface area (Å²) >= 11 is 12.3. The second kappa shape index (κ2) is 11.3. The molecule has 0 saturated heterocycles. The number of benzene rings is 2. The molecule has 10 nitrogen and oxygen atoms in total. The Bertz CT molecular complexity index is 1750. The van der Waals surface area contributed by atoms with Crippen LogP contribution in [0.1, 0.15) is 51.1 Å². The van der Waals surface area contributed by atoms with Crippen molar-refractivity contribution >= 4 is 41.0 Å². The minimum atomic E-state index is -0.256. The molecule has 0 spiro atoms. The highest BCUT2D eigenvalue weighted by Crippen LogP contribution is 2.28. The molecular weight excluding hydrogens is 577 g/mol. The Morgan fingerprint density at radius 2 is 1.79 bits per heavy atom. The van der Waals surface area contributed by atoms with Crippen molar-refractivity contribution in [1.29, 1.82) is 0 Å². The number of nitrogens with zero attached hydrogens (tertiary/aromatic N) is 5. The zero-order valence-corrected chi connectivity index (χ0v) is 24.6. The maximum Gasteiger partial charge on any atom is 0.263 e. The van der Waals surface area contributed by atoms with Crippen LogP contribution in [0.25, 0.3) is 5.69 Å². The van der Waals surface area contributed by atoms with Gasteiger partial charge in [0, 0.05) is 61.2 Å². The molecule has 2 atom stereocenters. The van der Waals surface area contributed by atoms with Gasteiger partial charge in [-0.1, -0.05) is 23.2 Å². The first kappa shape index (κ1) is 28.0. The zero-order valence-electron chi connectivity index (χ0n) is 23.1. The molecule has 2 aliphatic heterocycles. The van der Waals surface area contributed by atoms with Gasteiger partial charge in [-0.15, -0.1) is 0 Å². The van der Waals surface area contributed by atoms with Crippen molar-refractivity contribution in [2.45, 2.75) is 51.4 Å². The van der Waals surface area contributed by atoms with Crippen LogP contribution in [0.3, 0.4) is 0 Å². The van der Waals surface area contributed by atoms with Gasteiger partial charge >= 0.3 is 0 Å². The lowest BCUT2D eigenvalue weighted by Gasteiger charge is -2.35. The van der Waals surface area contributed by atoms with Crippen LogP contribution in [-0.2, 0) is 25.9 Å². The van der Waals surface area contributed by atoms with E-state index >= 15 is 0 Å². The van der Waals surface area contributed by atoms with Crippen molar-refractivity contribution in [3.05, 3.63) is 103 Å². The molecule has 2 aromatic heterocycles. The maximum atomic E-state index is 14.1. The Kier molecular flexibility index (Phi) is 7.51. The van der Waals surface area contributed by atoms with E-state index < -0.39 is 0 Å². The fourth-order valence-corrected chi connectivity index (χ4v) is 5.92. The quantitative estimate of drug-likeness (QED) is 0.354. The summed E-state index contributed by atoms with van der Waals surface area (Å²) in [5, 5.41) is 6.79. The molecule has 6 rings (SSSR count). The van der Waals surface area contributed by atoms with Crippen LogP contribution in [0, 0.1) is 0 Å². The number of rotatable bonds is 5. The van der Waals surface area contributed by atoms with Crippen molar-refractivity contribution < 1.29 is 9.59 Å². The van der Waals surface area contributed by atoms with Gasteiger partial charge in [-0.2, -0.15) is 0 Å². The van der Waals surface area contributed by atoms with E-state index in [0.717, 1.165) is 18.8 Å². The van der Waals surface area contributed by atoms with E-state index in [0.29, 0.717) is 56.9 Å². The van der Waals surface area contributed by atoms with E-state index in [-0.39, 0.29) is 36.0 Å². The summed E-state index contributed by atoms with van der Waals surface area (Å²) in [7, 11) is 1.57.